The number of rotatable bonds is 6. The number of hydrogen-bond acceptors (Lipinski definition) is 5. The number of nitrogen functional groups attached to an aromatic ring is 1. The van der Waals surface area contributed by atoms with Gasteiger partial charge in [0.2, 0.25) is 0 Å². The Labute approximate surface area is 123 Å². The van der Waals surface area contributed by atoms with Gasteiger partial charge in [0.1, 0.15) is 11.4 Å². The van der Waals surface area contributed by atoms with Crippen LogP contribution in [0.5, 0.6) is 5.75 Å². The van der Waals surface area contributed by atoms with Gasteiger partial charge in [0.05, 0.1) is 25.5 Å². The van der Waals surface area contributed by atoms with E-state index in [9.17, 15) is 4.79 Å². The molecule has 0 unspecified atom stereocenters. The maximum absolute atomic E-state index is 11.9. The van der Waals surface area contributed by atoms with Crippen LogP contribution in [0.15, 0.2) is 35.1 Å². The molecule has 0 aliphatic rings. The molecule has 6 nitrogen and oxygen atoms in total. The van der Waals surface area contributed by atoms with Crippen molar-refractivity contribution in [1.82, 2.24) is 9.78 Å². The SMILES string of the molecule is CCOc1ccc(-c2cc(N)c(=O)n(CCOC)n2)cc1. The minimum Gasteiger partial charge on any atom is -0.494 e. The smallest absolute Gasteiger partial charge is 0.289 e. The van der Waals surface area contributed by atoms with Crippen LogP contribution >= 0.6 is 0 Å². The highest BCUT2D eigenvalue weighted by Crippen LogP contribution is 2.21. The van der Waals surface area contributed by atoms with Crippen molar-refractivity contribution < 1.29 is 9.47 Å². The van der Waals surface area contributed by atoms with Crippen molar-refractivity contribution in [2.24, 2.45) is 0 Å². The molecule has 1 aromatic carbocycles. The quantitative estimate of drug-likeness (QED) is 0.872. The van der Waals surface area contributed by atoms with Gasteiger partial charge < -0.3 is 15.2 Å². The van der Waals surface area contributed by atoms with Crippen LogP contribution in [0.25, 0.3) is 11.3 Å². The summed E-state index contributed by atoms with van der Waals surface area (Å²) in [4.78, 5) is 11.9. The third-order valence-electron chi connectivity index (χ3n) is 2.97. The van der Waals surface area contributed by atoms with Gasteiger partial charge in [0.15, 0.2) is 0 Å². The Hall–Kier alpha value is -2.34. The first kappa shape index (κ1) is 15.1. The Morgan fingerprint density at radius 1 is 1.29 bits per heavy atom. The van der Waals surface area contributed by atoms with E-state index in [2.05, 4.69) is 5.10 Å². The Kier molecular flexibility index (Phi) is 4.94. The van der Waals surface area contributed by atoms with Crippen molar-refractivity contribution in [3.8, 4) is 17.0 Å². The number of methoxy groups -OCH3 is 1. The second-order valence-corrected chi connectivity index (χ2v) is 4.46. The first-order valence-electron chi connectivity index (χ1n) is 6.75. The molecule has 0 fully saturated rings. The molecule has 1 aromatic heterocycles. The summed E-state index contributed by atoms with van der Waals surface area (Å²) in [5, 5.41) is 4.32. The molecule has 0 spiro atoms. The third kappa shape index (κ3) is 3.61. The standard InChI is InChI=1S/C15H19N3O3/c1-3-21-12-6-4-11(5-7-12)14-10-13(16)15(19)18(17-14)8-9-20-2/h4-7,10H,3,8-9,16H2,1-2H3. The molecule has 2 N–H and O–H groups in total. The van der Waals surface area contributed by atoms with E-state index in [-0.39, 0.29) is 11.2 Å². The molecule has 0 atom stereocenters. The van der Waals surface area contributed by atoms with E-state index < -0.39 is 0 Å². The molecule has 0 aliphatic heterocycles. The lowest BCUT2D eigenvalue weighted by Crippen LogP contribution is -2.27. The van der Waals surface area contributed by atoms with E-state index in [0.29, 0.717) is 25.5 Å². The van der Waals surface area contributed by atoms with Crippen LogP contribution in [0.4, 0.5) is 5.69 Å². The highest BCUT2D eigenvalue weighted by Gasteiger charge is 2.08. The van der Waals surface area contributed by atoms with Crippen LogP contribution in [0, 0.1) is 0 Å². The number of ether oxygens (including phenoxy) is 2. The molecule has 112 valence electrons. The van der Waals surface area contributed by atoms with Crippen LogP contribution in [0.1, 0.15) is 6.92 Å². The summed E-state index contributed by atoms with van der Waals surface area (Å²) in [6.07, 6.45) is 0. The Morgan fingerprint density at radius 2 is 2.00 bits per heavy atom. The van der Waals surface area contributed by atoms with Gasteiger partial charge in [-0.2, -0.15) is 5.10 Å². The zero-order valence-electron chi connectivity index (χ0n) is 12.2. The van der Waals surface area contributed by atoms with Crippen LogP contribution in [-0.2, 0) is 11.3 Å². The molecule has 2 rings (SSSR count). The molecule has 0 saturated heterocycles. The summed E-state index contributed by atoms with van der Waals surface area (Å²) in [5.74, 6) is 0.793. The molecule has 0 saturated carbocycles. The maximum atomic E-state index is 11.9. The number of hydrogen-bond donors (Lipinski definition) is 1. The van der Waals surface area contributed by atoms with Gasteiger partial charge in [0, 0.05) is 12.7 Å². The van der Waals surface area contributed by atoms with Gasteiger partial charge in [-0.3, -0.25) is 4.79 Å². The summed E-state index contributed by atoms with van der Waals surface area (Å²) in [5.41, 5.74) is 7.15. The van der Waals surface area contributed by atoms with Crippen molar-refractivity contribution >= 4 is 5.69 Å². The largest absolute Gasteiger partial charge is 0.494 e. The average molecular weight is 289 g/mol. The summed E-state index contributed by atoms with van der Waals surface area (Å²) in [6.45, 7) is 3.32. The number of benzene rings is 1. The van der Waals surface area contributed by atoms with E-state index in [4.69, 9.17) is 15.2 Å². The number of nitrogens with two attached hydrogens (primary N) is 1. The van der Waals surface area contributed by atoms with Gasteiger partial charge in [-0.25, -0.2) is 4.68 Å². The molecule has 0 bridgehead atoms. The lowest BCUT2D eigenvalue weighted by Gasteiger charge is -2.09. The first-order chi connectivity index (χ1) is 10.2. The van der Waals surface area contributed by atoms with Gasteiger partial charge >= 0.3 is 0 Å². The zero-order valence-corrected chi connectivity index (χ0v) is 12.2. The van der Waals surface area contributed by atoms with Gasteiger partial charge in [-0.1, -0.05) is 0 Å². The summed E-state index contributed by atoms with van der Waals surface area (Å²) >= 11 is 0. The highest BCUT2D eigenvalue weighted by atomic mass is 16.5. The topological polar surface area (TPSA) is 79.4 Å². The number of nitrogens with zero attached hydrogens (tertiary/aromatic N) is 2. The van der Waals surface area contributed by atoms with Crippen LogP contribution in [0.3, 0.4) is 0 Å². The van der Waals surface area contributed by atoms with Crippen molar-refractivity contribution in [2.45, 2.75) is 13.5 Å². The molecule has 2 aromatic rings. The summed E-state index contributed by atoms with van der Waals surface area (Å²) in [6, 6.07) is 9.08. The number of aromatic nitrogens is 2. The molecular weight excluding hydrogens is 270 g/mol. The number of anilines is 1. The summed E-state index contributed by atoms with van der Waals surface area (Å²) < 4.78 is 11.7. The highest BCUT2D eigenvalue weighted by molar-refractivity contribution is 5.62. The van der Waals surface area contributed by atoms with E-state index >= 15 is 0 Å². The van der Waals surface area contributed by atoms with Crippen LogP contribution < -0.4 is 16.0 Å². The lowest BCUT2D eigenvalue weighted by molar-refractivity contribution is 0.182. The van der Waals surface area contributed by atoms with Crippen molar-refractivity contribution in [3.63, 3.8) is 0 Å². The van der Waals surface area contributed by atoms with Crippen molar-refractivity contribution in [3.05, 3.63) is 40.7 Å². The Bertz CT molecular complexity index is 650. The first-order valence-corrected chi connectivity index (χ1v) is 6.75. The molecule has 21 heavy (non-hydrogen) atoms. The second kappa shape index (κ2) is 6.90. The van der Waals surface area contributed by atoms with E-state index in [1.54, 1.807) is 13.2 Å². The zero-order chi connectivity index (χ0) is 15.2. The molecule has 0 aliphatic carbocycles. The van der Waals surface area contributed by atoms with Crippen molar-refractivity contribution in [2.75, 3.05) is 26.1 Å². The lowest BCUT2D eigenvalue weighted by atomic mass is 10.1. The van der Waals surface area contributed by atoms with E-state index in [1.165, 1.54) is 4.68 Å². The molecule has 6 heteroatoms. The Morgan fingerprint density at radius 3 is 2.62 bits per heavy atom. The predicted octanol–water partition coefficient (Wildman–Crippen LogP) is 1.54. The monoisotopic (exact) mass is 289 g/mol. The minimum atomic E-state index is -0.304. The van der Waals surface area contributed by atoms with E-state index in [1.807, 2.05) is 31.2 Å². The fourth-order valence-electron chi connectivity index (χ4n) is 1.92. The minimum absolute atomic E-state index is 0.171. The average Bonchev–Trinajstić information content (AvgIpc) is 2.50. The van der Waals surface area contributed by atoms with Crippen molar-refractivity contribution in [1.29, 1.82) is 0 Å². The molecule has 1 heterocycles. The Balaban J connectivity index is 2.34. The fourth-order valence-corrected chi connectivity index (χ4v) is 1.92. The van der Waals surface area contributed by atoms with Gasteiger partial charge in [-0.05, 0) is 37.3 Å². The molecule has 0 amide bonds. The fraction of sp³-hybridized carbons (Fsp3) is 0.333. The van der Waals surface area contributed by atoms with Gasteiger partial charge in [-0.15, -0.1) is 0 Å². The third-order valence-corrected chi connectivity index (χ3v) is 2.97. The molecular formula is C15H19N3O3. The maximum Gasteiger partial charge on any atom is 0.289 e. The second-order valence-electron chi connectivity index (χ2n) is 4.46. The van der Waals surface area contributed by atoms with E-state index in [0.717, 1.165) is 11.3 Å². The normalized spacial score (nSPS) is 10.6. The predicted molar refractivity (Wildman–Crippen MR) is 81.4 cm³/mol. The van der Waals surface area contributed by atoms with Crippen LogP contribution in [0.2, 0.25) is 0 Å². The van der Waals surface area contributed by atoms with Gasteiger partial charge in [0.25, 0.3) is 5.56 Å². The molecule has 0 radical (unpaired) electrons. The van der Waals surface area contributed by atoms with Crippen LogP contribution in [-0.4, -0.2) is 30.1 Å². The summed E-state index contributed by atoms with van der Waals surface area (Å²) in [7, 11) is 1.57.